The molecule has 4 heterocycles. The third-order valence-corrected chi connectivity index (χ3v) is 7.90. The highest BCUT2D eigenvalue weighted by Gasteiger charge is 2.47. The topological polar surface area (TPSA) is 98.7 Å². The van der Waals surface area contributed by atoms with Crippen LogP contribution in [0.4, 0.5) is 17.6 Å². The zero-order chi connectivity index (χ0) is 29.1. The van der Waals surface area contributed by atoms with Gasteiger partial charge in [0.1, 0.15) is 35.2 Å². The van der Waals surface area contributed by atoms with Crippen LogP contribution >= 0.6 is 0 Å². The maximum absolute atomic E-state index is 14.5. The van der Waals surface area contributed by atoms with E-state index in [2.05, 4.69) is 10.3 Å². The molecule has 41 heavy (non-hydrogen) atoms. The lowest BCUT2D eigenvalue weighted by Gasteiger charge is -2.24. The first-order valence-corrected chi connectivity index (χ1v) is 13.1. The highest BCUT2D eigenvalue weighted by Crippen LogP contribution is 2.46. The van der Waals surface area contributed by atoms with E-state index >= 15 is 0 Å². The molecular weight excluding hydrogens is 540 g/mol. The van der Waals surface area contributed by atoms with Crippen LogP contribution in [0.5, 0.6) is 5.75 Å². The zero-order valence-corrected chi connectivity index (χ0v) is 22.0. The van der Waals surface area contributed by atoms with Gasteiger partial charge in [0.15, 0.2) is 0 Å². The Kier molecular flexibility index (Phi) is 6.28. The Morgan fingerprint density at radius 2 is 1.88 bits per heavy atom. The number of alkyl halides is 3. The number of ether oxygens (including phenoxy) is 1. The minimum absolute atomic E-state index is 0.0209. The third kappa shape index (κ3) is 4.89. The number of fused-ring (bicyclic) bond motifs is 2. The minimum Gasteiger partial charge on any atom is -0.489 e. The quantitative estimate of drug-likeness (QED) is 0.300. The number of aromatic nitrogens is 2. The van der Waals surface area contributed by atoms with Gasteiger partial charge in [0.25, 0.3) is 5.91 Å². The second-order valence-electron chi connectivity index (χ2n) is 10.9. The van der Waals surface area contributed by atoms with Crippen molar-refractivity contribution in [3.05, 3.63) is 89.1 Å². The van der Waals surface area contributed by atoms with Gasteiger partial charge in [-0.15, -0.1) is 0 Å². The summed E-state index contributed by atoms with van der Waals surface area (Å²) in [5, 5.41) is 2.40. The molecular formula is C30H26F4N4O3. The number of benzene rings is 1. The summed E-state index contributed by atoms with van der Waals surface area (Å²) in [4.78, 5) is 29.6. The highest BCUT2D eigenvalue weighted by atomic mass is 19.4. The van der Waals surface area contributed by atoms with Crippen molar-refractivity contribution in [2.45, 2.75) is 43.2 Å². The van der Waals surface area contributed by atoms with Crippen molar-refractivity contribution in [3.8, 4) is 17.0 Å². The summed E-state index contributed by atoms with van der Waals surface area (Å²) in [7, 11) is 0. The Morgan fingerprint density at radius 1 is 1.15 bits per heavy atom. The molecule has 1 saturated carbocycles. The molecule has 0 radical (unpaired) electrons. The van der Waals surface area contributed by atoms with Gasteiger partial charge in [-0.05, 0) is 79.8 Å². The van der Waals surface area contributed by atoms with Gasteiger partial charge < -0.3 is 20.2 Å². The fourth-order valence-corrected chi connectivity index (χ4v) is 5.18. The van der Waals surface area contributed by atoms with E-state index in [9.17, 15) is 27.2 Å². The number of halogens is 4. The van der Waals surface area contributed by atoms with Crippen molar-refractivity contribution in [1.82, 2.24) is 14.7 Å². The molecule has 3 N–H and O–H groups in total. The third-order valence-electron chi connectivity index (χ3n) is 7.90. The van der Waals surface area contributed by atoms with Crippen molar-refractivity contribution in [1.29, 1.82) is 0 Å². The molecule has 1 fully saturated rings. The maximum Gasteiger partial charge on any atom is 0.398 e. The van der Waals surface area contributed by atoms with Crippen LogP contribution in [0.2, 0.25) is 0 Å². The van der Waals surface area contributed by atoms with Crippen LogP contribution in [0.15, 0.2) is 60.9 Å². The molecule has 2 atom stereocenters. The van der Waals surface area contributed by atoms with Crippen molar-refractivity contribution < 1.29 is 31.9 Å². The van der Waals surface area contributed by atoms with E-state index in [4.69, 9.17) is 10.5 Å². The largest absolute Gasteiger partial charge is 0.489 e. The predicted molar refractivity (Wildman–Crippen MR) is 142 cm³/mol. The van der Waals surface area contributed by atoms with Gasteiger partial charge in [0.2, 0.25) is 5.91 Å². The van der Waals surface area contributed by atoms with E-state index < -0.39 is 47.4 Å². The maximum atomic E-state index is 14.5. The van der Waals surface area contributed by atoms with Gasteiger partial charge in [-0.3, -0.25) is 9.59 Å². The zero-order valence-electron chi connectivity index (χ0n) is 22.0. The number of rotatable bonds is 7. The van der Waals surface area contributed by atoms with Crippen LogP contribution in [0.3, 0.4) is 0 Å². The SMILES string of the molecule is C[C@]1(C(N)=O)COc2c1cc(C(CNC(=O)c1ccc3cc(C4CC4)cn3c1)C(F)(F)F)nc2-c1ccc(F)cc1. The second-order valence-corrected chi connectivity index (χ2v) is 10.9. The van der Waals surface area contributed by atoms with Gasteiger partial charge in [-0.2, -0.15) is 13.2 Å². The van der Waals surface area contributed by atoms with E-state index in [0.717, 1.165) is 36.6 Å². The molecule has 0 bridgehead atoms. The first kappa shape index (κ1) is 26.8. The number of primary amides is 1. The van der Waals surface area contributed by atoms with Crippen LogP contribution in [0, 0.1) is 5.82 Å². The summed E-state index contributed by atoms with van der Waals surface area (Å²) in [6.07, 6.45) is 0.960. The number of carbonyl (C=O) groups excluding carboxylic acids is 2. The lowest BCUT2D eigenvalue weighted by molar-refractivity contribution is -0.149. The molecule has 7 nitrogen and oxygen atoms in total. The van der Waals surface area contributed by atoms with Crippen LogP contribution in [-0.2, 0) is 10.2 Å². The van der Waals surface area contributed by atoms with Crippen LogP contribution < -0.4 is 15.8 Å². The summed E-state index contributed by atoms with van der Waals surface area (Å²) in [5.41, 5.74) is 6.53. The number of carbonyl (C=O) groups is 2. The lowest BCUT2D eigenvalue weighted by Crippen LogP contribution is -2.40. The highest BCUT2D eigenvalue weighted by molar-refractivity contribution is 5.94. The molecule has 1 aliphatic heterocycles. The molecule has 0 spiro atoms. The van der Waals surface area contributed by atoms with Gasteiger partial charge in [-0.1, -0.05) is 0 Å². The molecule has 3 aromatic heterocycles. The fraction of sp³-hybridized carbons (Fsp3) is 0.300. The van der Waals surface area contributed by atoms with Gasteiger partial charge in [0, 0.05) is 35.6 Å². The Labute approximate surface area is 232 Å². The summed E-state index contributed by atoms with van der Waals surface area (Å²) < 4.78 is 64.5. The molecule has 1 aliphatic carbocycles. The smallest absolute Gasteiger partial charge is 0.398 e. The first-order valence-electron chi connectivity index (χ1n) is 13.1. The summed E-state index contributed by atoms with van der Waals surface area (Å²) in [6, 6.07) is 11.5. The van der Waals surface area contributed by atoms with Gasteiger partial charge in [-0.25, -0.2) is 9.37 Å². The van der Waals surface area contributed by atoms with E-state index in [0.29, 0.717) is 11.5 Å². The van der Waals surface area contributed by atoms with E-state index in [1.165, 1.54) is 24.6 Å². The van der Waals surface area contributed by atoms with Crippen LogP contribution in [0.1, 0.15) is 58.8 Å². The number of hydrogen-bond donors (Lipinski definition) is 2. The number of nitrogens with two attached hydrogens (primary N) is 1. The van der Waals surface area contributed by atoms with Gasteiger partial charge >= 0.3 is 6.18 Å². The monoisotopic (exact) mass is 566 g/mol. The average Bonchev–Trinajstić information content (AvgIpc) is 3.60. The molecule has 4 aromatic rings. The Morgan fingerprint density at radius 3 is 2.54 bits per heavy atom. The summed E-state index contributed by atoms with van der Waals surface area (Å²) in [6.45, 7) is 0.493. The Hall–Kier alpha value is -4.41. The number of pyridine rings is 2. The van der Waals surface area contributed by atoms with E-state index in [1.54, 1.807) is 22.7 Å². The average molecular weight is 567 g/mol. The normalized spacial score (nSPS) is 19.0. The molecule has 2 amide bonds. The van der Waals surface area contributed by atoms with Crippen LogP contribution in [0.25, 0.3) is 16.8 Å². The molecule has 2 aliphatic rings. The van der Waals surface area contributed by atoms with Crippen molar-refractivity contribution in [2.75, 3.05) is 13.2 Å². The van der Waals surface area contributed by atoms with Crippen LogP contribution in [-0.4, -0.2) is 40.5 Å². The Bertz CT molecular complexity index is 1680. The Balaban J connectivity index is 1.34. The van der Waals surface area contributed by atoms with E-state index in [-0.39, 0.29) is 29.2 Å². The van der Waals surface area contributed by atoms with Gasteiger partial charge in [0.05, 0.1) is 11.3 Å². The number of nitrogens with one attached hydrogen (secondary N) is 1. The molecule has 1 aromatic carbocycles. The fourth-order valence-electron chi connectivity index (χ4n) is 5.18. The summed E-state index contributed by atoms with van der Waals surface area (Å²) >= 11 is 0. The predicted octanol–water partition coefficient (Wildman–Crippen LogP) is 5.23. The number of amides is 2. The van der Waals surface area contributed by atoms with Crippen molar-refractivity contribution in [3.63, 3.8) is 0 Å². The number of nitrogens with zero attached hydrogens (tertiary/aromatic N) is 2. The second kappa shape index (κ2) is 9.60. The van der Waals surface area contributed by atoms with Crippen molar-refractivity contribution >= 4 is 17.3 Å². The number of hydrogen-bond acceptors (Lipinski definition) is 4. The van der Waals surface area contributed by atoms with E-state index in [1.807, 2.05) is 12.3 Å². The van der Waals surface area contributed by atoms with Crippen molar-refractivity contribution in [2.24, 2.45) is 5.73 Å². The lowest BCUT2D eigenvalue weighted by atomic mass is 9.82. The summed E-state index contributed by atoms with van der Waals surface area (Å²) in [5.74, 6) is -3.58. The molecule has 6 rings (SSSR count). The molecule has 11 heteroatoms. The molecule has 212 valence electrons. The first-order chi connectivity index (χ1) is 19.4. The molecule has 1 unspecified atom stereocenters. The standard InChI is InChI=1S/C30H26F4N4O3/c1-29(28(35)40)15-41-26-22(29)11-24(37-25(26)17-4-7-20(31)8-5-17)23(30(32,33)34)12-36-27(39)18-6-9-21-10-19(16-2-3-16)14-38(21)13-18/h4-11,13-14,16,23H,2-3,12,15H2,1H3,(H2,35,40)(H,36,39)/t23?,29-/m0/s1. The minimum atomic E-state index is -4.80. The molecule has 0 saturated heterocycles.